The van der Waals surface area contributed by atoms with Crippen molar-refractivity contribution in [2.45, 2.75) is 37.1 Å². The number of fused-ring (bicyclic) bond motifs is 1. The number of likely N-dealkylation sites (tertiary alicyclic amines) is 1. The van der Waals surface area contributed by atoms with Gasteiger partial charge < -0.3 is 19.6 Å². The number of carboxylic acids is 1. The zero-order valence-corrected chi connectivity index (χ0v) is 24.3. The smallest absolute Gasteiger partial charge is 0.339 e. The number of carbonyl (C=O) groups is 1. The molecule has 1 unspecified atom stereocenters. The van der Waals surface area contributed by atoms with Crippen molar-refractivity contribution >= 4 is 64.7 Å². The van der Waals surface area contributed by atoms with Crippen molar-refractivity contribution in [2.24, 2.45) is 0 Å². The molecular formula is C26H29Br3N2O4. The van der Waals surface area contributed by atoms with Gasteiger partial charge in [-0.15, -0.1) is 0 Å². The maximum atomic E-state index is 11.6. The molecule has 1 atom stereocenters. The number of benzene rings is 2. The molecule has 0 amide bonds. The first kappa shape index (κ1) is 26.7. The zero-order chi connectivity index (χ0) is 24.9. The number of carboxylic acid groups (broad SMARTS) is 1. The van der Waals surface area contributed by atoms with E-state index in [1.807, 2.05) is 6.92 Å². The lowest BCUT2D eigenvalue weighted by Crippen LogP contribution is -2.35. The van der Waals surface area contributed by atoms with Crippen LogP contribution >= 0.6 is 47.8 Å². The van der Waals surface area contributed by atoms with Crippen LogP contribution in [0.4, 0.5) is 0 Å². The fraction of sp³-hybridized carbons (Fsp3) is 0.423. The van der Waals surface area contributed by atoms with Gasteiger partial charge in [-0.05, 0) is 90.1 Å². The monoisotopic (exact) mass is 670 g/mol. The van der Waals surface area contributed by atoms with E-state index in [-0.39, 0.29) is 10.6 Å². The Kier molecular flexibility index (Phi) is 9.32. The number of nitrogens with zero attached hydrogens (tertiary/aromatic N) is 1. The number of rotatable bonds is 10. The predicted octanol–water partition coefficient (Wildman–Crippen LogP) is 6.95. The molecule has 0 radical (unpaired) electrons. The fourth-order valence-corrected chi connectivity index (χ4v) is 6.67. The summed E-state index contributed by atoms with van der Waals surface area (Å²) in [7, 11) is 0. The molecule has 1 aliphatic rings. The fourth-order valence-electron chi connectivity index (χ4n) is 4.69. The van der Waals surface area contributed by atoms with Gasteiger partial charge in [-0.25, -0.2) is 4.79 Å². The summed E-state index contributed by atoms with van der Waals surface area (Å²) < 4.78 is 12.9. The first-order valence-corrected chi connectivity index (χ1v) is 14.3. The molecule has 1 aromatic heterocycles. The van der Waals surface area contributed by atoms with Crippen LogP contribution in [0.1, 0.15) is 47.2 Å². The van der Waals surface area contributed by atoms with Gasteiger partial charge in [-0.3, -0.25) is 4.90 Å². The van der Waals surface area contributed by atoms with Gasteiger partial charge in [-0.2, -0.15) is 0 Å². The predicted molar refractivity (Wildman–Crippen MR) is 149 cm³/mol. The number of aromatic amines is 1. The molecule has 1 aliphatic heterocycles. The van der Waals surface area contributed by atoms with Crippen molar-refractivity contribution in [3.05, 3.63) is 62.2 Å². The third-order valence-electron chi connectivity index (χ3n) is 6.44. The summed E-state index contributed by atoms with van der Waals surface area (Å²) in [6.07, 6.45) is 5.18. The minimum Gasteiger partial charge on any atom is -0.490 e. The highest BCUT2D eigenvalue weighted by atomic mass is 79.9. The second-order valence-electron chi connectivity index (χ2n) is 8.73. The van der Waals surface area contributed by atoms with Gasteiger partial charge in [0.1, 0.15) is 22.9 Å². The number of nitrogens with one attached hydrogen (secondary N) is 1. The van der Waals surface area contributed by atoms with E-state index in [0.29, 0.717) is 33.8 Å². The SMILES string of the molecule is CCOC(Br)Cc1ccc2[nH]cc(C3CCN(CCOc4c(Br)cc(Br)cc4C(=O)O)CC3)c2c1. The number of aromatic carboxylic acids is 1. The van der Waals surface area contributed by atoms with Crippen LogP contribution in [0.15, 0.2) is 45.5 Å². The summed E-state index contributed by atoms with van der Waals surface area (Å²) in [4.78, 5) is 17.4. The summed E-state index contributed by atoms with van der Waals surface area (Å²) in [6, 6.07) is 9.99. The molecule has 35 heavy (non-hydrogen) atoms. The van der Waals surface area contributed by atoms with Crippen LogP contribution in [-0.4, -0.2) is 58.8 Å². The quantitative estimate of drug-likeness (QED) is 0.228. The molecule has 0 saturated carbocycles. The lowest BCUT2D eigenvalue weighted by Gasteiger charge is -2.32. The van der Waals surface area contributed by atoms with Crippen molar-refractivity contribution in [1.29, 1.82) is 0 Å². The van der Waals surface area contributed by atoms with Crippen molar-refractivity contribution in [2.75, 3.05) is 32.8 Å². The van der Waals surface area contributed by atoms with Crippen LogP contribution in [0.3, 0.4) is 0 Å². The number of alkyl halides is 1. The molecule has 2 aromatic carbocycles. The van der Waals surface area contributed by atoms with Crippen molar-refractivity contribution < 1.29 is 19.4 Å². The van der Waals surface area contributed by atoms with Gasteiger partial charge in [0.25, 0.3) is 0 Å². The van der Waals surface area contributed by atoms with Crippen molar-refractivity contribution in [3.8, 4) is 5.75 Å². The van der Waals surface area contributed by atoms with Crippen LogP contribution in [0, 0.1) is 0 Å². The van der Waals surface area contributed by atoms with Gasteiger partial charge in [-0.1, -0.05) is 37.9 Å². The molecule has 4 rings (SSSR count). The number of halogens is 3. The number of hydrogen-bond donors (Lipinski definition) is 2. The van der Waals surface area contributed by atoms with Crippen LogP contribution in [0.2, 0.25) is 0 Å². The molecule has 9 heteroatoms. The summed E-state index contributed by atoms with van der Waals surface area (Å²) in [5.41, 5.74) is 3.99. The lowest BCUT2D eigenvalue weighted by molar-refractivity contribution is 0.0691. The van der Waals surface area contributed by atoms with Gasteiger partial charge in [0.15, 0.2) is 0 Å². The standard InChI is InChI=1S/C26H29Br3N2O4/c1-2-34-24(29)12-16-3-4-23-19(11-16)21(15-30-23)17-5-7-31(8-6-17)9-10-35-25-20(26(32)33)13-18(27)14-22(25)28/h3-4,11,13-15,17,24,30H,2,5-10,12H2,1H3,(H,32,33). The summed E-state index contributed by atoms with van der Waals surface area (Å²) in [6.45, 7) is 5.88. The highest BCUT2D eigenvalue weighted by Crippen LogP contribution is 2.35. The molecule has 188 valence electrons. The summed E-state index contributed by atoms with van der Waals surface area (Å²) in [5.74, 6) is -0.114. The maximum Gasteiger partial charge on any atom is 0.339 e. The molecule has 3 aromatic rings. The van der Waals surface area contributed by atoms with Gasteiger partial charge in [0.05, 0.1) is 4.47 Å². The van der Waals surface area contributed by atoms with E-state index in [2.05, 4.69) is 82.1 Å². The molecular weight excluding hydrogens is 644 g/mol. The summed E-state index contributed by atoms with van der Waals surface area (Å²) in [5, 5.41) is 10.8. The average molecular weight is 673 g/mol. The number of hydrogen-bond acceptors (Lipinski definition) is 4. The Morgan fingerprint density at radius 2 is 2.00 bits per heavy atom. The molecule has 2 heterocycles. The summed E-state index contributed by atoms with van der Waals surface area (Å²) >= 11 is 10.4. The van der Waals surface area contributed by atoms with Crippen molar-refractivity contribution in [1.82, 2.24) is 9.88 Å². The number of H-pyrrole nitrogens is 1. The lowest BCUT2D eigenvalue weighted by atomic mass is 9.89. The van der Waals surface area contributed by atoms with E-state index in [1.165, 1.54) is 22.0 Å². The largest absolute Gasteiger partial charge is 0.490 e. The third-order valence-corrected chi connectivity index (χ3v) is 8.08. The Labute approximate surface area is 230 Å². The van der Waals surface area contributed by atoms with Crippen LogP contribution in [0.5, 0.6) is 5.75 Å². The Balaban J connectivity index is 1.34. The number of piperidine rings is 1. The van der Waals surface area contributed by atoms with E-state index in [0.717, 1.165) is 38.9 Å². The molecule has 2 N–H and O–H groups in total. The Morgan fingerprint density at radius 3 is 2.71 bits per heavy atom. The van der Waals surface area contributed by atoms with Gasteiger partial charge >= 0.3 is 5.97 Å². The Hall–Kier alpha value is -1.39. The molecule has 1 fully saturated rings. The molecule has 1 saturated heterocycles. The number of aromatic nitrogens is 1. The number of ether oxygens (including phenoxy) is 2. The Morgan fingerprint density at radius 1 is 1.23 bits per heavy atom. The Bertz CT molecular complexity index is 1170. The normalized spacial score (nSPS) is 16.0. The van der Waals surface area contributed by atoms with E-state index in [1.54, 1.807) is 12.1 Å². The third kappa shape index (κ3) is 6.68. The zero-order valence-electron chi connectivity index (χ0n) is 19.5. The minimum absolute atomic E-state index is 0.0300. The van der Waals surface area contributed by atoms with E-state index in [9.17, 15) is 9.90 Å². The van der Waals surface area contributed by atoms with Gasteiger partial charge in [0, 0.05) is 41.1 Å². The van der Waals surface area contributed by atoms with Crippen LogP contribution in [-0.2, 0) is 11.2 Å². The topological polar surface area (TPSA) is 74.8 Å². The first-order valence-electron chi connectivity index (χ1n) is 11.8. The van der Waals surface area contributed by atoms with Crippen LogP contribution in [0.25, 0.3) is 10.9 Å². The van der Waals surface area contributed by atoms with E-state index < -0.39 is 5.97 Å². The highest BCUT2D eigenvalue weighted by Gasteiger charge is 2.23. The first-order chi connectivity index (χ1) is 16.9. The second-order valence-corrected chi connectivity index (χ2v) is 11.5. The highest BCUT2D eigenvalue weighted by molar-refractivity contribution is 9.11. The molecule has 0 spiro atoms. The molecule has 0 bridgehead atoms. The van der Waals surface area contributed by atoms with Gasteiger partial charge in [0.2, 0.25) is 0 Å². The molecule has 6 nitrogen and oxygen atoms in total. The van der Waals surface area contributed by atoms with Crippen LogP contribution < -0.4 is 4.74 Å². The van der Waals surface area contributed by atoms with E-state index >= 15 is 0 Å². The second kappa shape index (κ2) is 12.2. The maximum absolute atomic E-state index is 11.6. The minimum atomic E-state index is -1.01. The molecule has 0 aliphatic carbocycles. The van der Waals surface area contributed by atoms with Crippen molar-refractivity contribution in [3.63, 3.8) is 0 Å². The average Bonchev–Trinajstić information content (AvgIpc) is 3.24. The van der Waals surface area contributed by atoms with E-state index in [4.69, 9.17) is 9.47 Å².